The van der Waals surface area contributed by atoms with Gasteiger partial charge < -0.3 is 14.6 Å². The molecule has 134 valence electrons. The van der Waals surface area contributed by atoms with E-state index in [1.165, 1.54) is 6.20 Å². The minimum absolute atomic E-state index is 0.350. The molecule has 1 N–H and O–H groups in total. The monoisotopic (exact) mass is 372 g/mol. The number of rotatable bonds is 7. The van der Waals surface area contributed by atoms with Crippen LogP contribution in [0.5, 0.6) is 17.4 Å². The number of carboxylic acid groups (broad SMARTS) is 1. The first kappa shape index (κ1) is 17.9. The first-order chi connectivity index (χ1) is 12.5. The van der Waals surface area contributed by atoms with Crippen molar-refractivity contribution < 1.29 is 19.4 Å². The summed E-state index contributed by atoms with van der Waals surface area (Å²) in [7, 11) is 0. The fourth-order valence-electron chi connectivity index (χ4n) is 2.38. The molecule has 0 aliphatic carbocycles. The number of halogens is 1. The predicted molar refractivity (Wildman–Crippen MR) is 98.0 cm³/mol. The highest BCUT2D eigenvalue weighted by atomic mass is 35.5. The molecule has 2 aromatic carbocycles. The molecule has 0 radical (unpaired) electrons. The minimum Gasteiger partial charge on any atom is -0.479 e. The summed E-state index contributed by atoms with van der Waals surface area (Å²) in [6, 6.07) is 11.9. The van der Waals surface area contributed by atoms with Gasteiger partial charge in [0.2, 0.25) is 5.88 Å². The van der Waals surface area contributed by atoms with Gasteiger partial charge in [0, 0.05) is 5.02 Å². The van der Waals surface area contributed by atoms with E-state index in [-0.39, 0.29) is 0 Å². The van der Waals surface area contributed by atoms with E-state index < -0.39 is 12.1 Å². The van der Waals surface area contributed by atoms with Gasteiger partial charge in [-0.25, -0.2) is 14.8 Å². The molecule has 0 aliphatic rings. The second kappa shape index (κ2) is 8.01. The number of hydrogen-bond donors (Lipinski definition) is 1. The van der Waals surface area contributed by atoms with Gasteiger partial charge in [0.05, 0.1) is 17.2 Å². The normalized spacial score (nSPS) is 11.9. The van der Waals surface area contributed by atoms with Gasteiger partial charge >= 0.3 is 5.97 Å². The maximum atomic E-state index is 11.2. The van der Waals surface area contributed by atoms with Crippen molar-refractivity contribution in [2.45, 2.75) is 25.9 Å². The van der Waals surface area contributed by atoms with Gasteiger partial charge in [-0.2, -0.15) is 0 Å². The molecular weight excluding hydrogens is 356 g/mol. The van der Waals surface area contributed by atoms with Crippen molar-refractivity contribution in [2.75, 3.05) is 0 Å². The van der Waals surface area contributed by atoms with Crippen LogP contribution in [0.4, 0.5) is 0 Å². The van der Waals surface area contributed by atoms with Gasteiger partial charge in [-0.1, -0.05) is 24.9 Å². The van der Waals surface area contributed by atoms with E-state index in [2.05, 4.69) is 9.97 Å². The van der Waals surface area contributed by atoms with Gasteiger partial charge in [-0.15, -0.1) is 0 Å². The average Bonchev–Trinajstić information content (AvgIpc) is 2.63. The van der Waals surface area contributed by atoms with Crippen LogP contribution in [0, 0.1) is 0 Å². The first-order valence-corrected chi connectivity index (χ1v) is 8.52. The highest BCUT2D eigenvalue weighted by Crippen LogP contribution is 2.25. The van der Waals surface area contributed by atoms with E-state index in [1.54, 1.807) is 42.5 Å². The summed E-state index contributed by atoms with van der Waals surface area (Å²) in [5, 5.41) is 9.74. The molecule has 6 nitrogen and oxygen atoms in total. The first-order valence-electron chi connectivity index (χ1n) is 8.15. The van der Waals surface area contributed by atoms with Gasteiger partial charge in [0.25, 0.3) is 0 Å². The number of hydrogen-bond acceptors (Lipinski definition) is 5. The zero-order valence-electron chi connectivity index (χ0n) is 14.1. The summed E-state index contributed by atoms with van der Waals surface area (Å²) in [6.45, 7) is 1.91. The number of nitrogens with zero attached hydrogens (tertiary/aromatic N) is 2. The summed E-state index contributed by atoms with van der Waals surface area (Å²) >= 11 is 5.93. The Morgan fingerprint density at radius 2 is 1.88 bits per heavy atom. The lowest BCUT2D eigenvalue weighted by Gasteiger charge is -2.14. The molecule has 1 atom stereocenters. The van der Waals surface area contributed by atoms with Crippen molar-refractivity contribution in [3.8, 4) is 17.4 Å². The largest absolute Gasteiger partial charge is 0.479 e. The summed E-state index contributed by atoms with van der Waals surface area (Å²) in [5.74, 6) is 0.390. The van der Waals surface area contributed by atoms with Crippen LogP contribution >= 0.6 is 11.6 Å². The molecule has 3 rings (SSSR count). The number of fused-ring (bicyclic) bond motifs is 1. The fraction of sp³-hybridized carbons (Fsp3) is 0.211. The van der Waals surface area contributed by atoms with Crippen LogP contribution in [0.1, 0.15) is 19.8 Å². The van der Waals surface area contributed by atoms with Crippen molar-refractivity contribution in [2.24, 2.45) is 0 Å². The lowest BCUT2D eigenvalue weighted by Crippen LogP contribution is -2.26. The van der Waals surface area contributed by atoms with Crippen LogP contribution in [-0.2, 0) is 4.79 Å². The maximum Gasteiger partial charge on any atom is 0.344 e. The smallest absolute Gasteiger partial charge is 0.344 e. The fourth-order valence-corrected chi connectivity index (χ4v) is 2.55. The second-order valence-corrected chi connectivity index (χ2v) is 6.08. The summed E-state index contributed by atoms with van der Waals surface area (Å²) < 4.78 is 11.2. The number of aromatic nitrogens is 2. The zero-order chi connectivity index (χ0) is 18.5. The van der Waals surface area contributed by atoms with E-state index in [9.17, 15) is 4.79 Å². The molecule has 0 amide bonds. The van der Waals surface area contributed by atoms with E-state index in [4.69, 9.17) is 26.2 Å². The Balaban J connectivity index is 1.71. The minimum atomic E-state index is -0.973. The molecule has 7 heteroatoms. The van der Waals surface area contributed by atoms with Gasteiger partial charge in [-0.3, -0.25) is 0 Å². The number of carbonyl (C=O) groups is 1. The third kappa shape index (κ3) is 4.40. The molecule has 0 saturated carbocycles. The Kier molecular flexibility index (Phi) is 5.53. The number of ether oxygens (including phenoxy) is 2. The van der Waals surface area contributed by atoms with Crippen LogP contribution in [-0.4, -0.2) is 27.1 Å². The number of carboxylic acids is 1. The van der Waals surface area contributed by atoms with Crippen LogP contribution in [0.3, 0.4) is 0 Å². The van der Waals surface area contributed by atoms with Gasteiger partial charge in [0.15, 0.2) is 6.10 Å². The highest BCUT2D eigenvalue weighted by Gasteiger charge is 2.18. The summed E-state index contributed by atoms with van der Waals surface area (Å²) in [4.78, 5) is 19.8. The molecule has 0 aliphatic heterocycles. The van der Waals surface area contributed by atoms with E-state index in [1.807, 2.05) is 6.92 Å². The lowest BCUT2D eigenvalue weighted by atomic mass is 10.2. The standard InChI is InChI=1S/C19H17ClN2O4/c1-2-3-17(19(23)24)25-13-5-7-14(8-6-13)26-18-11-21-16-10-12(20)4-9-15(16)22-18/h4-11,17H,2-3H2,1H3,(H,23,24). The van der Waals surface area contributed by atoms with Crippen LogP contribution < -0.4 is 9.47 Å². The van der Waals surface area contributed by atoms with Crippen molar-refractivity contribution in [1.29, 1.82) is 0 Å². The van der Waals surface area contributed by atoms with Crippen molar-refractivity contribution in [3.63, 3.8) is 0 Å². The summed E-state index contributed by atoms with van der Waals surface area (Å²) in [5.41, 5.74) is 1.36. The Morgan fingerprint density at radius 1 is 1.15 bits per heavy atom. The third-order valence-electron chi connectivity index (χ3n) is 3.63. The van der Waals surface area contributed by atoms with Crippen LogP contribution in [0.2, 0.25) is 5.02 Å². The van der Waals surface area contributed by atoms with Crippen molar-refractivity contribution >= 4 is 28.6 Å². The van der Waals surface area contributed by atoms with Crippen LogP contribution in [0.15, 0.2) is 48.7 Å². The van der Waals surface area contributed by atoms with Gasteiger partial charge in [0.1, 0.15) is 11.5 Å². The molecule has 0 spiro atoms. The van der Waals surface area contributed by atoms with E-state index in [0.29, 0.717) is 39.9 Å². The molecule has 0 bridgehead atoms. The van der Waals surface area contributed by atoms with Crippen LogP contribution in [0.25, 0.3) is 11.0 Å². The Bertz CT molecular complexity index is 915. The Labute approximate surface area is 155 Å². The SMILES string of the molecule is CCCC(Oc1ccc(Oc2cnc3cc(Cl)ccc3n2)cc1)C(=O)O. The summed E-state index contributed by atoms with van der Waals surface area (Å²) in [6.07, 6.45) is 1.84. The van der Waals surface area contributed by atoms with Crippen molar-refractivity contribution in [3.05, 3.63) is 53.7 Å². The lowest BCUT2D eigenvalue weighted by molar-refractivity contribution is -0.145. The van der Waals surface area contributed by atoms with E-state index in [0.717, 1.165) is 6.42 Å². The second-order valence-electron chi connectivity index (χ2n) is 5.65. The Morgan fingerprint density at radius 3 is 2.58 bits per heavy atom. The molecular formula is C19H17ClN2O4. The molecule has 26 heavy (non-hydrogen) atoms. The molecule has 3 aromatic rings. The molecule has 0 fully saturated rings. The zero-order valence-corrected chi connectivity index (χ0v) is 14.8. The van der Waals surface area contributed by atoms with E-state index >= 15 is 0 Å². The molecule has 0 saturated heterocycles. The van der Waals surface area contributed by atoms with Gasteiger partial charge in [-0.05, 0) is 48.9 Å². The molecule has 1 heterocycles. The predicted octanol–water partition coefficient (Wildman–Crippen LogP) is 4.71. The maximum absolute atomic E-state index is 11.2. The number of aliphatic carboxylic acids is 1. The highest BCUT2D eigenvalue weighted by molar-refractivity contribution is 6.31. The molecule has 1 unspecified atom stereocenters. The third-order valence-corrected chi connectivity index (χ3v) is 3.87. The Hall–Kier alpha value is -2.86. The van der Waals surface area contributed by atoms with Crippen molar-refractivity contribution in [1.82, 2.24) is 9.97 Å². The quantitative estimate of drug-likeness (QED) is 0.647. The topological polar surface area (TPSA) is 81.5 Å². The average molecular weight is 373 g/mol. The number of benzene rings is 2. The molecule has 1 aromatic heterocycles.